The van der Waals surface area contributed by atoms with E-state index in [9.17, 15) is 29.9 Å². The summed E-state index contributed by atoms with van der Waals surface area (Å²) in [4.78, 5) is 35.3. The van der Waals surface area contributed by atoms with E-state index in [4.69, 9.17) is 0 Å². The zero-order valence-electron chi connectivity index (χ0n) is 13.5. The number of phenols is 2. The van der Waals surface area contributed by atoms with Crippen LogP contribution in [0.2, 0.25) is 0 Å². The summed E-state index contributed by atoms with van der Waals surface area (Å²) in [5, 5.41) is 34.9. The van der Waals surface area contributed by atoms with Gasteiger partial charge in [0.1, 0.15) is 5.75 Å². The fourth-order valence-corrected chi connectivity index (χ4v) is 4.12. The maximum atomic E-state index is 12.6. The van der Waals surface area contributed by atoms with Crippen molar-refractivity contribution in [2.24, 2.45) is 28.8 Å². The number of rotatable bonds is 3. The molecule has 2 N–H and O–H groups in total. The van der Waals surface area contributed by atoms with Crippen LogP contribution in [0.4, 0.5) is 5.69 Å². The van der Waals surface area contributed by atoms with Gasteiger partial charge in [-0.1, -0.05) is 12.2 Å². The number of fused-ring (bicyclic) bond motifs is 1. The van der Waals surface area contributed by atoms with Crippen molar-refractivity contribution in [3.05, 3.63) is 40.0 Å². The number of carbonyl (C=O) groups excluding carboxylic acids is 2. The number of hydrogen-bond acceptors (Lipinski definition) is 7. The highest BCUT2D eigenvalue weighted by Crippen LogP contribution is 2.49. The number of amides is 2. The maximum Gasteiger partial charge on any atom is 0.311 e. The molecule has 3 aliphatic carbocycles. The standard InChI is InChI=1S/C17H15N3O6/c21-12-6-13(22)11(20(25)26)5-10(12)7-18-19-16(23)14-8-1-2-9(4-3-8)15(14)17(19)24/h1-2,5-9,14-15,21-22H,3-4H2/b18-7-/t8-,9-,14-,15-/m1/s1. The van der Waals surface area contributed by atoms with E-state index < -0.39 is 33.9 Å². The number of allylic oxidation sites excluding steroid dienone is 2. The molecule has 134 valence electrons. The summed E-state index contributed by atoms with van der Waals surface area (Å²) in [6.07, 6.45) is 6.73. The van der Waals surface area contributed by atoms with Gasteiger partial charge in [0.25, 0.3) is 11.8 Å². The van der Waals surface area contributed by atoms with Crippen molar-refractivity contribution in [2.45, 2.75) is 12.8 Å². The Morgan fingerprint density at radius 2 is 1.65 bits per heavy atom. The Balaban J connectivity index is 1.64. The Hall–Kier alpha value is -3.23. The van der Waals surface area contributed by atoms with Crippen LogP contribution in [-0.2, 0) is 9.59 Å². The number of imide groups is 1. The van der Waals surface area contributed by atoms with Crippen LogP contribution in [0.1, 0.15) is 18.4 Å². The van der Waals surface area contributed by atoms with Crippen LogP contribution in [0.5, 0.6) is 11.5 Å². The summed E-state index contributed by atoms with van der Waals surface area (Å²) in [6, 6.07) is 1.74. The van der Waals surface area contributed by atoms with Crippen LogP contribution < -0.4 is 0 Å². The molecule has 0 spiro atoms. The number of aromatic hydroxyl groups is 2. The molecule has 2 fully saturated rings. The quantitative estimate of drug-likeness (QED) is 0.277. The number of phenolic OH excluding ortho intramolecular Hbond substituents is 2. The Bertz CT molecular complexity index is 861. The minimum absolute atomic E-state index is 0.0322. The molecule has 1 aliphatic heterocycles. The molecular weight excluding hydrogens is 342 g/mol. The minimum Gasteiger partial charge on any atom is -0.507 e. The molecule has 5 rings (SSSR count). The third-order valence-corrected chi connectivity index (χ3v) is 5.37. The van der Waals surface area contributed by atoms with Crippen LogP contribution in [0, 0.1) is 33.8 Å². The summed E-state index contributed by atoms with van der Waals surface area (Å²) < 4.78 is 0. The molecule has 1 aromatic rings. The molecule has 26 heavy (non-hydrogen) atoms. The second kappa shape index (κ2) is 5.65. The zero-order chi connectivity index (χ0) is 18.6. The van der Waals surface area contributed by atoms with Crippen molar-refractivity contribution in [3.63, 3.8) is 0 Å². The van der Waals surface area contributed by atoms with Gasteiger partial charge in [-0.15, -0.1) is 0 Å². The average Bonchev–Trinajstić information content (AvgIpc) is 2.88. The van der Waals surface area contributed by atoms with Crippen LogP contribution >= 0.6 is 0 Å². The van der Waals surface area contributed by atoms with Crippen molar-refractivity contribution >= 4 is 23.7 Å². The fraction of sp³-hybridized carbons (Fsp3) is 0.353. The van der Waals surface area contributed by atoms with Crippen LogP contribution in [0.3, 0.4) is 0 Å². The summed E-state index contributed by atoms with van der Waals surface area (Å²) in [5.41, 5.74) is -0.690. The summed E-state index contributed by atoms with van der Waals surface area (Å²) in [7, 11) is 0. The lowest BCUT2D eigenvalue weighted by Gasteiger charge is -2.37. The van der Waals surface area contributed by atoms with E-state index in [0.29, 0.717) is 0 Å². The Morgan fingerprint density at radius 1 is 1.08 bits per heavy atom. The van der Waals surface area contributed by atoms with Gasteiger partial charge in [-0.25, -0.2) is 0 Å². The second-order valence-corrected chi connectivity index (χ2v) is 6.73. The molecular formula is C17H15N3O6. The van der Waals surface area contributed by atoms with Gasteiger partial charge in [-0.05, 0) is 24.7 Å². The van der Waals surface area contributed by atoms with E-state index in [1.165, 1.54) is 0 Å². The van der Waals surface area contributed by atoms with Crippen LogP contribution in [0.15, 0.2) is 29.4 Å². The molecule has 2 amide bonds. The molecule has 4 aliphatic rings. The third-order valence-electron chi connectivity index (χ3n) is 5.37. The Kier molecular flexibility index (Phi) is 3.53. The van der Waals surface area contributed by atoms with Gasteiger partial charge < -0.3 is 10.2 Å². The first kappa shape index (κ1) is 16.2. The molecule has 4 atom stereocenters. The lowest BCUT2D eigenvalue weighted by atomic mass is 9.63. The maximum absolute atomic E-state index is 12.6. The van der Waals surface area contributed by atoms with Gasteiger partial charge in [0, 0.05) is 17.7 Å². The molecule has 1 heterocycles. The molecule has 0 unspecified atom stereocenters. The SMILES string of the molecule is O=C1[C@H]2[C@H](C(=O)N1/N=C\c1cc([N+](=O)[O-])c(O)cc1O)[C@@H]1C=C[C@@H]2CC1. The van der Waals surface area contributed by atoms with Crippen molar-refractivity contribution in [1.29, 1.82) is 0 Å². The molecule has 1 saturated carbocycles. The molecule has 9 nitrogen and oxygen atoms in total. The average molecular weight is 357 g/mol. The lowest BCUT2D eigenvalue weighted by molar-refractivity contribution is -0.385. The van der Waals surface area contributed by atoms with Gasteiger partial charge in [0.2, 0.25) is 0 Å². The minimum atomic E-state index is -0.809. The first-order valence-corrected chi connectivity index (χ1v) is 8.19. The smallest absolute Gasteiger partial charge is 0.311 e. The number of hydrazone groups is 1. The molecule has 1 saturated heterocycles. The highest BCUT2D eigenvalue weighted by atomic mass is 16.6. The normalized spacial score (nSPS) is 29.6. The van der Waals surface area contributed by atoms with Gasteiger partial charge >= 0.3 is 5.69 Å². The number of benzene rings is 1. The molecule has 2 bridgehead atoms. The predicted molar refractivity (Wildman–Crippen MR) is 88.2 cm³/mol. The topological polar surface area (TPSA) is 133 Å². The monoisotopic (exact) mass is 357 g/mol. The summed E-state index contributed by atoms with van der Waals surface area (Å²) in [6.45, 7) is 0. The number of carbonyl (C=O) groups is 2. The van der Waals surface area contributed by atoms with E-state index in [-0.39, 0.29) is 29.2 Å². The number of hydrogen-bond donors (Lipinski definition) is 2. The number of nitrogens with zero attached hydrogens (tertiary/aromatic N) is 3. The third kappa shape index (κ3) is 2.27. The van der Waals surface area contributed by atoms with E-state index in [0.717, 1.165) is 36.2 Å². The first-order valence-electron chi connectivity index (χ1n) is 8.19. The van der Waals surface area contributed by atoms with Crippen molar-refractivity contribution in [1.82, 2.24) is 5.01 Å². The number of nitro groups is 1. The number of nitro benzene ring substituents is 1. The lowest BCUT2D eigenvalue weighted by Crippen LogP contribution is -2.38. The molecule has 1 aromatic carbocycles. The van der Waals surface area contributed by atoms with E-state index >= 15 is 0 Å². The highest BCUT2D eigenvalue weighted by molar-refractivity contribution is 6.06. The van der Waals surface area contributed by atoms with Gasteiger partial charge in [-0.3, -0.25) is 19.7 Å². The molecule has 9 heteroatoms. The van der Waals surface area contributed by atoms with Crippen molar-refractivity contribution in [3.8, 4) is 11.5 Å². The van der Waals surface area contributed by atoms with Gasteiger partial charge in [-0.2, -0.15) is 10.1 Å². The Labute approximate surface area is 147 Å². The second-order valence-electron chi connectivity index (χ2n) is 6.73. The summed E-state index contributed by atoms with van der Waals surface area (Å²) >= 11 is 0. The first-order chi connectivity index (χ1) is 12.4. The highest BCUT2D eigenvalue weighted by Gasteiger charge is 2.56. The Morgan fingerprint density at radius 3 is 2.15 bits per heavy atom. The molecule has 0 aromatic heterocycles. The van der Waals surface area contributed by atoms with Crippen molar-refractivity contribution < 1.29 is 24.7 Å². The summed E-state index contributed by atoms with van der Waals surface area (Å²) in [5.74, 6) is -2.67. The van der Waals surface area contributed by atoms with Crippen LogP contribution in [-0.4, -0.2) is 38.2 Å². The van der Waals surface area contributed by atoms with Gasteiger partial charge in [0.15, 0.2) is 5.75 Å². The van der Waals surface area contributed by atoms with E-state index in [2.05, 4.69) is 5.10 Å². The van der Waals surface area contributed by atoms with Gasteiger partial charge in [0.05, 0.1) is 23.0 Å². The largest absolute Gasteiger partial charge is 0.507 e. The van der Waals surface area contributed by atoms with E-state index in [1.54, 1.807) is 0 Å². The molecule has 0 radical (unpaired) electrons. The fourth-order valence-electron chi connectivity index (χ4n) is 4.12. The van der Waals surface area contributed by atoms with E-state index in [1.807, 2.05) is 12.2 Å². The zero-order valence-corrected chi connectivity index (χ0v) is 13.5. The van der Waals surface area contributed by atoms with Crippen molar-refractivity contribution in [2.75, 3.05) is 0 Å². The predicted octanol–water partition coefficient (Wildman–Crippen LogP) is 1.54. The van der Waals surface area contributed by atoms with Crippen LogP contribution in [0.25, 0.3) is 0 Å².